The highest BCUT2D eigenvalue weighted by Crippen LogP contribution is 2.16. The quantitative estimate of drug-likeness (QED) is 0.840. The molecule has 6 nitrogen and oxygen atoms in total. The molecule has 0 aromatic carbocycles. The Morgan fingerprint density at radius 1 is 1.32 bits per heavy atom. The van der Waals surface area contributed by atoms with E-state index in [-0.39, 0.29) is 0 Å². The topological polar surface area (TPSA) is 69.7 Å². The van der Waals surface area contributed by atoms with E-state index in [1.165, 1.54) is 0 Å². The maximum atomic E-state index is 4.55. The number of hydrogen-bond donors (Lipinski definition) is 2. The molecular formula is C13H18N6. The Morgan fingerprint density at radius 3 is 3.00 bits per heavy atom. The summed E-state index contributed by atoms with van der Waals surface area (Å²) in [4.78, 5) is 11.2. The highest BCUT2D eigenvalue weighted by atomic mass is 15.4. The van der Waals surface area contributed by atoms with Crippen molar-refractivity contribution in [2.45, 2.75) is 19.9 Å². The first-order valence-corrected chi connectivity index (χ1v) is 6.57. The van der Waals surface area contributed by atoms with E-state index in [9.17, 15) is 0 Å². The number of aromatic nitrogens is 4. The lowest BCUT2D eigenvalue weighted by Crippen LogP contribution is -2.49. The van der Waals surface area contributed by atoms with Crippen LogP contribution in [0.2, 0.25) is 0 Å². The number of anilines is 1. The average Bonchev–Trinajstić information content (AvgIpc) is 2.88. The lowest BCUT2D eigenvalue weighted by atomic mass is 10.2. The van der Waals surface area contributed by atoms with Gasteiger partial charge in [0.05, 0.1) is 0 Å². The summed E-state index contributed by atoms with van der Waals surface area (Å²) in [5.41, 5.74) is 1.81. The Bertz CT molecular complexity index is 564. The molecule has 1 saturated heterocycles. The number of H-pyrrole nitrogens is 1. The zero-order chi connectivity index (χ0) is 13.2. The van der Waals surface area contributed by atoms with Crippen LogP contribution in [0.4, 0.5) is 5.95 Å². The third-order valence-corrected chi connectivity index (χ3v) is 3.26. The Morgan fingerprint density at radius 2 is 2.21 bits per heavy atom. The zero-order valence-corrected chi connectivity index (χ0v) is 11.2. The fraction of sp³-hybridized carbons (Fsp3) is 0.462. The van der Waals surface area contributed by atoms with Crippen molar-refractivity contribution in [3.63, 3.8) is 0 Å². The van der Waals surface area contributed by atoms with E-state index in [1.807, 2.05) is 25.1 Å². The molecule has 3 heterocycles. The summed E-state index contributed by atoms with van der Waals surface area (Å²) >= 11 is 0. The molecular weight excluding hydrogens is 240 g/mol. The number of aryl methyl sites for hydroxylation is 1. The Hall–Kier alpha value is -1.95. The van der Waals surface area contributed by atoms with Crippen molar-refractivity contribution in [3.05, 3.63) is 23.9 Å². The first-order valence-electron chi connectivity index (χ1n) is 6.57. The molecule has 0 aliphatic carbocycles. The van der Waals surface area contributed by atoms with Crippen molar-refractivity contribution in [3.8, 4) is 11.5 Å². The number of nitrogens with one attached hydrogen (secondary N) is 2. The first kappa shape index (κ1) is 12.1. The van der Waals surface area contributed by atoms with Crippen LogP contribution in [-0.4, -0.2) is 45.8 Å². The van der Waals surface area contributed by atoms with Gasteiger partial charge in [0.25, 0.3) is 0 Å². The monoisotopic (exact) mass is 258 g/mol. The summed E-state index contributed by atoms with van der Waals surface area (Å²) in [6.45, 7) is 6.97. The number of aromatic amines is 1. The van der Waals surface area contributed by atoms with Gasteiger partial charge in [0.2, 0.25) is 5.95 Å². The average molecular weight is 258 g/mol. The molecule has 1 atom stereocenters. The standard InChI is InChI=1S/C13H18N6/c1-9-4-3-5-11(15-9)12-16-13(18-17-12)19-7-6-14-10(2)8-19/h3-5,10,14H,6-8H2,1-2H3,(H,16,17,18). The van der Waals surface area contributed by atoms with Crippen LogP contribution >= 0.6 is 0 Å². The number of rotatable bonds is 2. The van der Waals surface area contributed by atoms with Crippen LogP contribution in [0, 0.1) is 6.92 Å². The van der Waals surface area contributed by atoms with Crippen molar-refractivity contribution < 1.29 is 0 Å². The molecule has 6 heteroatoms. The predicted molar refractivity (Wildman–Crippen MR) is 74.0 cm³/mol. The fourth-order valence-corrected chi connectivity index (χ4v) is 2.30. The Kier molecular flexibility index (Phi) is 3.16. The minimum Gasteiger partial charge on any atom is -0.337 e. The molecule has 0 radical (unpaired) electrons. The molecule has 0 spiro atoms. The van der Waals surface area contributed by atoms with Crippen LogP contribution in [0.15, 0.2) is 18.2 Å². The zero-order valence-electron chi connectivity index (χ0n) is 11.2. The molecule has 0 amide bonds. The van der Waals surface area contributed by atoms with Gasteiger partial charge in [0.15, 0.2) is 5.82 Å². The van der Waals surface area contributed by atoms with E-state index in [0.717, 1.165) is 42.8 Å². The van der Waals surface area contributed by atoms with Gasteiger partial charge in [-0.15, -0.1) is 5.10 Å². The summed E-state index contributed by atoms with van der Waals surface area (Å²) < 4.78 is 0. The van der Waals surface area contributed by atoms with E-state index < -0.39 is 0 Å². The van der Waals surface area contributed by atoms with Crippen molar-refractivity contribution >= 4 is 5.95 Å². The van der Waals surface area contributed by atoms with Crippen LogP contribution in [0.5, 0.6) is 0 Å². The predicted octanol–water partition coefficient (Wildman–Crippen LogP) is 0.973. The number of pyridine rings is 1. The van der Waals surface area contributed by atoms with Crippen LogP contribution in [0.1, 0.15) is 12.6 Å². The molecule has 0 bridgehead atoms. The van der Waals surface area contributed by atoms with E-state index in [0.29, 0.717) is 6.04 Å². The molecule has 3 rings (SSSR count). The number of piperazine rings is 1. The molecule has 0 saturated carbocycles. The van der Waals surface area contributed by atoms with Crippen LogP contribution < -0.4 is 10.2 Å². The van der Waals surface area contributed by atoms with Gasteiger partial charge in [0, 0.05) is 31.4 Å². The summed E-state index contributed by atoms with van der Waals surface area (Å²) in [5.74, 6) is 1.48. The molecule has 2 aromatic rings. The lowest BCUT2D eigenvalue weighted by Gasteiger charge is -2.30. The summed E-state index contributed by atoms with van der Waals surface area (Å²) in [6.07, 6.45) is 0. The Balaban J connectivity index is 1.83. The van der Waals surface area contributed by atoms with E-state index >= 15 is 0 Å². The minimum absolute atomic E-state index is 0.466. The van der Waals surface area contributed by atoms with Gasteiger partial charge in [-0.25, -0.2) is 4.98 Å². The van der Waals surface area contributed by atoms with Crippen LogP contribution in [0.3, 0.4) is 0 Å². The van der Waals surface area contributed by atoms with Gasteiger partial charge in [-0.1, -0.05) is 6.07 Å². The van der Waals surface area contributed by atoms with Gasteiger partial charge < -0.3 is 10.2 Å². The maximum absolute atomic E-state index is 4.55. The van der Waals surface area contributed by atoms with Gasteiger partial charge >= 0.3 is 0 Å². The molecule has 2 N–H and O–H groups in total. The largest absolute Gasteiger partial charge is 0.337 e. The molecule has 1 aliphatic heterocycles. The summed E-state index contributed by atoms with van der Waals surface area (Å²) in [7, 11) is 0. The van der Waals surface area contributed by atoms with E-state index in [1.54, 1.807) is 0 Å². The fourth-order valence-electron chi connectivity index (χ4n) is 2.30. The minimum atomic E-state index is 0.466. The third kappa shape index (κ3) is 2.58. The second-order valence-corrected chi connectivity index (χ2v) is 4.95. The molecule has 1 fully saturated rings. The normalized spacial score (nSPS) is 19.7. The van der Waals surface area contributed by atoms with Gasteiger partial charge in [0.1, 0.15) is 5.69 Å². The highest BCUT2D eigenvalue weighted by molar-refractivity contribution is 5.51. The van der Waals surface area contributed by atoms with Crippen molar-refractivity contribution in [2.75, 3.05) is 24.5 Å². The second-order valence-electron chi connectivity index (χ2n) is 4.95. The molecule has 1 aliphatic rings. The summed E-state index contributed by atoms with van der Waals surface area (Å²) in [6, 6.07) is 6.36. The third-order valence-electron chi connectivity index (χ3n) is 3.26. The highest BCUT2D eigenvalue weighted by Gasteiger charge is 2.19. The second kappa shape index (κ2) is 4.97. The van der Waals surface area contributed by atoms with E-state index in [2.05, 4.69) is 37.3 Å². The smallest absolute Gasteiger partial charge is 0.245 e. The number of nitrogens with zero attached hydrogens (tertiary/aromatic N) is 4. The van der Waals surface area contributed by atoms with E-state index in [4.69, 9.17) is 0 Å². The molecule has 1 unspecified atom stereocenters. The molecule has 19 heavy (non-hydrogen) atoms. The van der Waals surface area contributed by atoms with Crippen molar-refractivity contribution in [2.24, 2.45) is 0 Å². The van der Waals surface area contributed by atoms with Crippen molar-refractivity contribution in [1.82, 2.24) is 25.5 Å². The van der Waals surface area contributed by atoms with Crippen LogP contribution in [-0.2, 0) is 0 Å². The summed E-state index contributed by atoms with van der Waals surface area (Å²) in [5, 5.41) is 10.7. The van der Waals surface area contributed by atoms with Crippen molar-refractivity contribution in [1.29, 1.82) is 0 Å². The van der Waals surface area contributed by atoms with Gasteiger partial charge in [-0.2, -0.15) is 4.98 Å². The first-order chi connectivity index (χ1) is 9.22. The Labute approximate surface area is 112 Å². The lowest BCUT2D eigenvalue weighted by molar-refractivity contribution is 0.480. The van der Waals surface area contributed by atoms with Crippen LogP contribution in [0.25, 0.3) is 11.5 Å². The van der Waals surface area contributed by atoms with Gasteiger partial charge in [-0.3, -0.25) is 5.10 Å². The molecule has 100 valence electrons. The molecule has 2 aromatic heterocycles. The number of hydrogen-bond acceptors (Lipinski definition) is 5. The SMILES string of the molecule is Cc1cccc(-c2nc(N3CCNC(C)C3)n[nH]2)n1. The maximum Gasteiger partial charge on any atom is 0.245 e. The van der Waals surface area contributed by atoms with Gasteiger partial charge in [-0.05, 0) is 26.0 Å².